The number of benzene rings is 2. The van der Waals surface area contributed by atoms with Crippen LogP contribution in [0.1, 0.15) is 5.56 Å². The maximum atomic E-state index is 7.52. The molecule has 0 radical (unpaired) electrons. The summed E-state index contributed by atoms with van der Waals surface area (Å²) in [5.74, 6) is 0.218. The van der Waals surface area contributed by atoms with Crippen molar-refractivity contribution in [3.05, 3.63) is 48.0 Å². The minimum Gasteiger partial charge on any atom is -0.282 e. The highest BCUT2D eigenvalue weighted by atomic mass is 14.8. The molecule has 2 aromatic rings. The molecule has 0 aliphatic heterocycles. The number of fused-ring (bicyclic) bond motifs is 1. The van der Waals surface area contributed by atoms with Gasteiger partial charge >= 0.3 is 0 Å². The van der Waals surface area contributed by atoms with E-state index in [4.69, 9.17) is 5.41 Å². The molecule has 0 saturated heterocycles. The molecule has 0 amide bonds. The van der Waals surface area contributed by atoms with Crippen LogP contribution >= 0.6 is 0 Å². The van der Waals surface area contributed by atoms with E-state index in [2.05, 4.69) is 11.7 Å². The number of amidine groups is 1. The van der Waals surface area contributed by atoms with Crippen molar-refractivity contribution in [2.45, 2.75) is 0 Å². The van der Waals surface area contributed by atoms with Crippen LogP contribution in [0.2, 0.25) is 0 Å². The molecule has 0 atom stereocenters. The van der Waals surface area contributed by atoms with Gasteiger partial charge in [-0.05, 0) is 23.6 Å². The minimum absolute atomic E-state index is 0.218. The van der Waals surface area contributed by atoms with Gasteiger partial charge in [0.2, 0.25) is 0 Å². The number of aliphatic imine (C=N–C) groups is 1. The van der Waals surface area contributed by atoms with Crippen molar-refractivity contribution in [3.63, 3.8) is 0 Å². The van der Waals surface area contributed by atoms with Gasteiger partial charge in [0.15, 0.2) is 5.84 Å². The SMILES string of the molecule is C=NC(=N)c1ccc2ccccc2c1. The fourth-order valence-corrected chi connectivity index (χ4v) is 1.43. The Hall–Kier alpha value is -1.96. The third kappa shape index (κ3) is 1.42. The molecule has 2 nitrogen and oxygen atoms in total. The lowest BCUT2D eigenvalue weighted by Gasteiger charge is -2.00. The maximum absolute atomic E-state index is 7.52. The van der Waals surface area contributed by atoms with Crippen molar-refractivity contribution < 1.29 is 0 Å². The van der Waals surface area contributed by atoms with Gasteiger partial charge < -0.3 is 0 Å². The van der Waals surface area contributed by atoms with E-state index >= 15 is 0 Å². The molecule has 0 saturated carbocycles. The molecule has 68 valence electrons. The van der Waals surface area contributed by atoms with Gasteiger partial charge in [-0.1, -0.05) is 36.4 Å². The average Bonchev–Trinajstić information content (AvgIpc) is 2.27. The quantitative estimate of drug-likeness (QED) is 0.520. The predicted octanol–water partition coefficient (Wildman–Crippen LogP) is 2.87. The zero-order valence-electron chi connectivity index (χ0n) is 7.70. The van der Waals surface area contributed by atoms with Crippen LogP contribution in [0.15, 0.2) is 47.5 Å². The van der Waals surface area contributed by atoms with Crippen molar-refractivity contribution in [1.29, 1.82) is 5.41 Å². The molecular formula is C12H10N2. The Morgan fingerprint density at radius 2 is 1.79 bits per heavy atom. The Labute approximate surface area is 82.4 Å². The van der Waals surface area contributed by atoms with Crippen LogP contribution in [0.4, 0.5) is 0 Å². The van der Waals surface area contributed by atoms with Crippen LogP contribution in [0.25, 0.3) is 10.8 Å². The molecule has 2 rings (SSSR count). The Bertz CT molecular complexity index is 500. The zero-order valence-corrected chi connectivity index (χ0v) is 7.70. The smallest absolute Gasteiger partial charge is 0.151 e. The van der Waals surface area contributed by atoms with Gasteiger partial charge in [0.25, 0.3) is 0 Å². The number of hydrogen-bond acceptors (Lipinski definition) is 1. The van der Waals surface area contributed by atoms with Crippen molar-refractivity contribution >= 4 is 23.3 Å². The summed E-state index contributed by atoms with van der Waals surface area (Å²) in [4.78, 5) is 3.60. The van der Waals surface area contributed by atoms with Gasteiger partial charge in [-0.2, -0.15) is 0 Å². The lowest BCUT2D eigenvalue weighted by atomic mass is 10.1. The summed E-state index contributed by atoms with van der Waals surface area (Å²) in [6.07, 6.45) is 0. The Morgan fingerprint density at radius 3 is 2.50 bits per heavy atom. The van der Waals surface area contributed by atoms with Gasteiger partial charge in [0.05, 0.1) is 0 Å². The van der Waals surface area contributed by atoms with Crippen molar-refractivity contribution in [1.82, 2.24) is 0 Å². The minimum atomic E-state index is 0.218. The van der Waals surface area contributed by atoms with Gasteiger partial charge in [0, 0.05) is 5.56 Å². The lowest BCUT2D eigenvalue weighted by molar-refractivity contribution is 1.44. The fourth-order valence-electron chi connectivity index (χ4n) is 1.43. The van der Waals surface area contributed by atoms with Crippen LogP contribution in [0, 0.1) is 5.41 Å². The van der Waals surface area contributed by atoms with E-state index in [9.17, 15) is 0 Å². The molecular weight excluding hydrogens is 172 g/mol. The summed E-state index contributed by atoms with van der Waals surface area (Å²) in [5.41, 5.74) is 0.804. The molecule has 0 bridgehead atoms. The van der Waals surface area contributed by atoms with E-state index < -0.39 is 0 Å². The molecule has 0 unspecified atom stereocenters. The summed E-state index contributed by atoms with van der Waals surface area (Å²) in [6.45, 7) is 3.34. The Morgan fingerprint density at radius 1 is 1.07 bits per heavy atom. The fraction of sp³-hybridized carbons (Fsp3) is 0. The Balaban J connectivity index is 2.62. The second-order valence-corrected chi connectivity index (χ2v) is 3.07. The van der Waals surface area contributed by atoms with E-state index in [1.807, 2.05) is 42.5 Å². The van der Waals surface area contributed by atoms with Crippen LogP contribution in [0.5, 0.6) is 0 Å². The summed E-state index contributed by atoms with van der Waals surface area (Å²) in [5, 5.41) is 9.82. The van der Waals surface area contributed by atoms with E-state index in [-0.39, 0.29) is 5.84 Å². The molecule has 0 fully saturated rings. The van der Waals surface area contributed by atoms with Crippen LogP contribution in [0.3, 0.4) is 0 Å². The first-order valence-corrected chi connectivity index (χ1v) is 4.36. The first kappa shape index (κ1) is 8.63. The molecule has 0 aliphatic rings. The highest BCUT2D eigenvalue weighted by Gasteiger charge is 1.99. The van der Waals surface area contributed by atoms with E-state index in [0.29, 0.717) is 0 Å². The first-order valence-electron chi connectivity index (χ1n) is 4.36. The number of nitrogens with one attached hydrogen (secondary N) is 1. The number of rotatable bonds is 1. The van der Waals surface area contributed by atoms with Gasteiger partial charge in [-0.25, -0.2) is 4.99 Å². The Kier molecular flexibility index (Phi) is 2.11. The largest absolute Gasteiger partial charge is 0.282 e. The van der Waals surface area contributed by atoms with E-state index in [1.54, 1.807) is 0 Å². The topological polar surface area (TPSA) is 36.2 Å². The molecule has 14 heavy (non-hydrogen) atoms. The van der Waals surface area contributed by atoms with Crippen molar-refractivity contribution in [2.75, 3.05) is 0 Å². The molecule has 2 aromatic carbocycles. The third-order valence-corrected chi connectivity index (χ3v) is 2.18. The van der Waals surface area contributed by atoms with Crippen molar-refractivity contribution in [2.24, 2.45) is 4.99 Å². The van der Waals surface area contributed by atoms with Crippen molar-refractivity contribution in [3.8, 4) is 0 Å². The van der Waals surface area contributed by atoms with E-state index in [0.717, 1.165) is 10.9 Å². The normalized spacial score (nSPS) is 10.0. The monoisotopic (exact) mass is 182 g/mol. The highest BCUT2D eigenvalue weighted by Crippen LogP contribution is 2.15. The summed E-state index contributed by atoms with van der Waals surface area (Å²) < 4.78 is 0. The lowest BCUT2D eigenvalue weighted by Crippen LogP contribution is -1.92. The average molecular weight is 182 g/mol. The first-order chi connectivity index (χ1) is 6.81. The predicted molar refractivity (Wildman–Crippen MR) is 60.3 cm³/mol. The molecule has 0 aliphatic carbocycles. The highest BCUT2D eigenvalue weighted by molar-refractivity contribution is 6.02. The van der Waals surface area contributed by atoms with Crippen LogP contribution in [-0.2, 0) is 0 Å². The second-order valence-electron chi connectivity index (χ2n) is 3.07. The molecule has 0 heterocycles. The zero-order chi connectivity index (χ0) is 9.97. The summed E-state index contributed by atoms with van der Waals surface area (Å²) >= 11 is 0. The number of hydrogen-bond donors (Lipinski definition) is 1. The molecule has 0 aromatic heterocycles. The molecule has 0 spiro atoms. The van der Waals surface area contributed by atoms with Gasteiger partial charge in [0.1, 0.15) is 0 Å². The maximum Gasteiger partial charge on any atom is 0.151 e. The van der Waals surface area contributed by atoms with Crippen LogP contribution < -0.4 is 0 Å². The summed E-state index contributed by atoms with van der Waals surface area (Å²) in [6, 6.07) is 13.9. The molecule has 2 heteroatoms. The third-order valence-electron chi connectivity index (χ3n) is 2.18. The van der Waals surface area contributed by atoms with Gasteiger partial charge in [-0.3, -0.25) is 5.41 Å². The summed E-state index contributed by atoms with van der Waals surface area (Å²) in [7, 11) is 0. The van der Waals surface area contributed by atoms with Crippen LogP contribution in [-0.4, -0.2) is 12.6 Å². The second kappa shape index (κ2) is 3.42. The molecule has 1 N–H and O–H groups in total. The van der Waals surface area contributed by atoms with Gasteiger partial charge in [-0.15, -0.1) is 0 Å². The standard InChI is InChI=1S/C12H10N2/c1-14-12(13)11-7-6-9-4-2-3-5-10(9)8-11/h2-8,13H,1H2. The van der Waals surface area contributed by atoms with E-state index in [1.165, 1.54) is 5.39 Å². The number of nitrogens with zero attached hydrogens (tertiary/aromatic N) is 1.